The minimum Gasteiger partial charge on any atom is -0.279 e. The van der Waals surface area contributed by atoms with Crippen molar-refractivity contribution < 1.29 is 17.2 Å². The monoisotopic (exact) mass is 387 g/mol. The van der Waals surface area contributed by atoms with Crippen LogP contribution in [0.1, 0.15) is 0 Å². The van der Waals surface area contributed by atoms with Crippen molar-refractivity contribution in [2.75, 3.05) is 4.72 Å². The molecule has 0 spiro atoms. The van der Waals surface area contributed by atoms with Gasteiger partial charge < -0.3 is 0 Å². The summed E-state index contributed by atoms with van der Waals surface area (Å²) in [5.41, 5.74) is -0.196. The number of thiophene rings is 1. The first-order valence-electron chi connectivity index (χ1n) is 4.72. The summed E-state index contributed by atoms with van der Waals surface area (Å²) in [6, 6.07) is 3.65. The van der Waals surface area contributed by atoms with Crippen LogP contribution < -0.4 is 4.72 Å². The molecule has 1 aromatic heterocycles. The summed E-state index contributed by atoms with van der Waals surface area (Å²) < 4.78 is 52.4. The van der Waals surface area contributed by atoms with E-state index in [1.165, 1.54) is 6.07 Å². The van der Waals surface area contributed by atoms with E-state index in [4.69, 9.17) is 11.6 Å². The average molecular weight is 389 g/mol. The van der Waals surface area contributed by atoms with Crippen molar-refractivity contribution >= 4 is 54.6 Å². The molecule has 19 heavy (non-hydrogen) atoms. The maximum Gasteiger partial charge on any atom is 0.271 e. The Morgan fingerprint density at radius 1 is 1.16 bits per heavy atom. The SMILES string of the molecule is O=S(=O)(Nc1cc(F)cc(F)c1)c1cc(Cl)c(Br)s1. The van der Waals surface area contributed by atoms with Gasteiger partial charge in [0.15, 0.2) is 0 Å². The summed E-state index contributed by atoms with van der Waals surface area (Å²) in [6.45, 7) is 0. The maximum atomic E-state index is 13.0. The lowest BCUT2D eigenvalue weighted by Gasteiger charge is -2.06. The van der Waals surface area contributed by atoms with Gasteiger partial charge in [-0.05, 0) is 34.1 Å². The number of sulfonamides is 1. The van der Waals surface area contributed by atoms with Crippen molar-refractivity contribution in [2.24, 2.45) is 0 Å². The highest BCUT2D eigenvalue weighted by molar-refractivity contribution is 9.11. The largest absolute Gasteiger partial charge is 0.279 e. The maximum absolute atomic E-state index is 13.0. The molecule has 0 saturated heterocycles. The predicted octanol–water partition coefficient (Wildman–Crippen LogP) is 4.24. The molecule has 3 nitrogen and oxygen atoms in total. The molecule has 0 saturated carbocycles. The van der Waals surface area contributed by atoms with Crippen molar-refractivity contribution in [2.45, 2.75) is 4.21 Å². The van der Waals surface area contributed by atoms with Crippen LogP contribution in [0.15, 0.2) is 32.3 Å². The van der Waals surface area contributed by atoms with Gasteiger partial charge in [0.25, 0.3) is 10.0 Å². The van der Waals surface area contributed by atoms with Crippen molar-refractivity contribution in [3.8, 4) is 0 Å². The van der Waals surface area contributed by atoms with Crippen molar-refractivity contribution in [1.29, 1.82) is 0 Å². The fourth-order valence-electron chi connectivity index (χ4n) is 1.28. The molecule has 0 aliphatic heterocycles. The second-order valence-electron chi connectivity index (χ2n) is 3.45. The van der Waals surface area contributed by atoms with Crippen LogP contribution in [0.4, 0.5) is 14.5 Å². The van der Waals surface area contributed by atoms with Crippen LogP contribution in [0.5, 0.6) is 0 Å². The van der Waals surface area contributed by atoms with Gasteiger partial charge >= 0.3 is 0 Å². The molecule has 1 aromatic carbocycles. The van der Waals surface area contributed by atoms with E-state index in [-0.39, 0.29) is 14.9 Å². The van der Waals surface area contributed by atoms with Crippen molar-refractivity contribution in [3.05, 3.63) is 44.7 Å². The van der Waals surface area contributed by atoms with Gasteiger partial charge in [-0.25, -0.2) is 17.2 Å². The Bertz CT molecular complexity index is 693. The van der Waals surface area contributed by atoms with Crippen LogP contribution in [-0.4, -0.2) is 8.42 Å². The van der Waals surface area contributed by atoms with Crippen LogP contribution >= 0.6 is 38.9 Å². The lowest BCUT2D eigenvalue weighted by Crippen LogP contribution is -2.11. The minimum absolute atomic E-state index is 0.0611. The lowest BCUT2D eigenvalue weighted by atomic mass is 10.3. The number of hydrogen-bond acceptors (Lipinski definition) is 3. The van der Waals surface area contributed by atoms with E-state index in [2.05, 4.69) is 20.7 Å². The van der Waals surface area contributed by atoms with E-state index < -0.39 is 21.7 Å². The predicted molar refractivity (Wildman–Crippen MR) is 74.2 cm³/mol. The van der Waals surface area contributed by atoms with Crippen LogP contribution in [0.3, 0.4) is 0 Å². The van der Waals surface area contributed by atoms with Gasteiger partial charge in [-0.1, -0.05) is 11.6 Å². The fourth-order valence-corrected chi connectivity index (χ4v) is 4.72. The second-order valence-corrected chi connectivity index (χ2v) is 8.14. The zero-order valence-corrected chi connectivity index (χ0v) is 12.9. The summed E-state index contributed by atoms with van der Waals surface area (Å²) in [4.78, 5) is 0. The normalized spacial score (nSPS) is 11.6. The Labute approximate surface area is 125 Å². The van der Waals surface area contributed by atoms with Gasteiger partial charge in [-0.15, -0.1) is 11.3 Å². The molecule has 9 heteroatoms. The molecule has 1 N–H and O–H groups in total. The Morgan fingerprint density at radius 3 is 2.21 bits per heavy atom. The van der Waals surface area contributed by atoms with Gasteiger partial charge in [-0.3, -0.25) is 4.72 Å². The summed E-state index contributed by atoms with van der Waals surface area (Å²) in [5.74, 6) is -1.74. The van der Waals surface area contributed by atoms with E-state index in [0.29, 0.717) is 9.85 Å². The topological polar surface area (TPSA) is 46.2 Å². The van der Waals surface area contributed by atoms with Gasteiger partial charge in [0, 0.05) is 6.07 Å². The number of anilines is 1. The Hall–Kier alpha value is -0.700. The van der Waals surface area contributed by atoms with E-state index in [9.17, 15) is 17.2 Å². The molecule has 0 aliphatic rings. The second kappa shape index (κ2) is 5.35. The molecule has 2 aromatic rings. The third-order valence-corrected chi connectivity index (χ3v) is 6.33. The molecular weight excluding hydrogens is 384 g/mol. The molecule has 0 unspecified atom stereocenters. The van der Waals surface area contributed by atoms with Crippen molar-refractivity contribution in [1.82, 2.24) is 0 Å². The molecular formula is C10H5BrClF2NO2S2. The van der Waals surface area contributed by atoms with Crippen LogP contribution in [0.2, 0.25) is 5.02 Å². The number of hydrogen-bond donors (Lipinski definition) is 1. The average Bonchev–Trinajstić information content (AvgIpc) is 2.57. The molecule has 0 atom stereocenters. The highest BCUT2D eigenvalue weighted by Gasteiger charge is 2.19. The van der Waals surface area contributed by atoms with Gasteiger partial charge in [0.2, 0.25) is 0 Å². The zero-order chi connectivity index (χ0) is 14.2. The van der Waals surface area contributed by atoms with Gasteiger partial charge in [-0.2, -0.15) is 0 Å². The molecule has 0 bridgehead atoms. The number of nitrogens with one attached hydrogen (secondary N) is 1. The molecule has 0 amide bonds. The quantitative estimate of drug-likeness (QED) is 0.855. The summed E-state index contributed by atoms with van der Waals surface area (Å²) in [6.07, 6.45) is 0. The molecule has 2 rings (SSSR count). The van der Waals surface area contributed by atoms with Crippen LogP contribution in [0, 0.1) is 11.6 Å². The Kier molecular flexibility index (Phi) is 4.14. The zero-order valence-electron chi connectivity index (χ0n) is 8.95. The van der Waals surface area contributed by atoms with E-state index in [1.807, 2.05) is 0 Å². The first kappa shape index (κ1) is 14.7. The Balaban J connectivity index is 2.36. The van der Waals surface area contributed by atoms with E-state index >= 15 is 0 Å². The summed E-state index contributed by atoms with van der Waals surface area (Å²) in [7, 11) is -3.93. The fraction of sp³-hybridized carbons (Fsp3) is 0. The standard InChI is InChI=1S/C10H5BrClF2NO2S2/c11-10-8(12)4-9(18-10)19(16,17)15-7-2-5(13)1-6(14)3-7/h1-4,15H. The number of benzene rings is 1. The molecule has 102 valence electrons. The number of halogens is 4. The van der Waals surface area contributed by atoms with Gasteiger partial charge in [0.1, 0.15) is 15.8 Å². The Morgan fingerprint density at radius 2 is 1.74 bits per heavy atom. The minimum atomic E-state index is -3.93. The first-order chi connectivity index (χ1) is 8.78. The molecule has 0 fully saturated rings. The van der Waals surface area contributed by atoms with Gasteiger partial charge in [0.05, 0.1) is 14.5 Å². The molecule has 0 aliphatic carbocycles. The van der Waals surface area contributed by atoms with Crippen LogP contribution in [0.25, 0.3) is 0 Å². The summed E-state index contributed by atoms with van der Waals surface area (Å²) in [5, 5.41) is 0.246. The third-order valence-electron chi connectivity index (χ3n) is 2.00. The molecule has 0 radical (unpaired) electrons. The smallest absolute Gasteiger partial charge is 0.271 e. The molecule has 1 heterocycles. The summed E-state index contributed by atoms with van der Waals surface area (Å²) >= 11 is 9.73. The third kappa shape index (κ3) is 3.44. The highest BCUT2D eigenvalue weighted by atomic mass is 79.9. The highest BCUT2D eigenvalue weighted by Crippen LogP contribution is 2.35. The van der Waals surface area contributed by atoms with Crippen molar-refractivity contribution in [3.63, 3.8) is 0 Å². The van der Waals surface area contributed by atoms with E-state index in [1.54, 1.807) is 0 Å². The first-order valence-corrected chi connectivity index (χ1v) is 8.19. The lowest BCUT2D eigenvalue weighted by molar-refractivity contribution is 0.584. The van der Waals surface area contributed by atoms with E-state index in [0.717, 1.165) is 23.5 Å². The van der Waals surface area contributed by atoms with Crippen LogP contribution in [-0.2, 0) is 10.0 Å². The number of rotatable bonds is 3.